The molecule has 0 saturated carbocycles. The lowest BCUT2D eigenvalue weighted by Crippen LogP contribution is -2.27. The van der Waals surface area contributed by atoms with Crippen LogP contribution in [0.2, 0.25) is 10.0 Å². The first-order valence-corrected chi connectivity index (χ1v) is 7.49. The number of carboxylic acids is 1. The smallest absolute Gasteiger partial charge is 0.352 e. The molecule has 0 radical (unpaired) electrons. The first-order chi connectivity index (χ1) is 11.8. The molecule has 2 rings (SSSR count). The number of amides is 1. The fourth-order valence-corrected chi connectivity index (χ4v) is 2.40. The van der Waals surface area contributed by atoms with Crippen molar-refractivity contribution in [2.45, 2.75) is 0 Å². The van der Waals surface area contributed by atoms with Gasteiger partial charge in [-0.2, -0.15) is 0 Å². The molecule has 0 aliphatic rings. The second kappa shape index (κ2) is 7.78. The van der Waals surface area contributed by atoms with Gasteiger partial charge in [0.25, 0.3) is 11.6 Å². The second-order valence-electron chi connectivity index (χ2n) is 4.79. The molecule has 2 aromatic rings. The summed E-state index contributed by atoms with van der Waals surface area (Å²) < 4.78 is 0. The minimum absolute atomic E-state index is 0.0391. The molecule has 2 N–H and O–H groups in total. The van der Waals surface area contributed by atoms with Gasteiger partial charge in [-0.15, -0.1) is 0 Å². The van der Waals surface area contributed by atoms with Gasteiger partial charge in [-0.05, 0) is 29.8 Å². The summed E-state index contributed by atoms with van der Waals surface area (Å²) in [5.41, 5.74) is -0.381. The zero-order chi connectivity index (χ0) is 18.6. The number of halogens is 2. The molecule has 2 aromatic carbocycles. The van der Waals surface area contributed by atoms with Gasteiger partial charge >= 0.3 is 5.97 Å². The average molecular weight is 381 g/mol. The Morgan fingerprint density at radius 3 is 2.48 bits per heavy atom. The molecular formula is C16H10Cl2N2O5. The number of aliphatic carboxylic acids is 1. The van der Waals surface area contributed by atoms with E-state index in [1.165, 1.54) is 42.5 Å². The number of carbonyl (C=O) groups excluding carboxylic acids is 1. The van der Waals surface area contributed by atoms with Crippen LogP contribution in [0.15, 0.2) is 48.2 Å². The van der Waals surface area contributed by atoms with E-state index in [9.17, 15) is 24.8 Å². The third-order valence-electron chi connectivity index (χ3n) is 3.05. The number of hydrogen-bond donors (Lipinski definition) is 2. The maximum absolute atomic E-state index is 12.2. The van der Waals surface area contributed by atoms with Crippen molar-refractivity contribution >= 4 is 46.8 Å². The number of hydrogen-bond acceptors (Lipinski definition) is 4. The highest BCUT2D eigenvalue weighted by molar-refractivity contribution is 6.36. The van der Waals surface area contributed by atoms with Crippen molar-refractivity contribution in [1.29, 1.82) is 0 Å². The summed E-state index contributed by atoms with van der Waals surface area (Å²) in [7, 11) is 0. The molecule has 9 heteroatoms. The topological polar surface area (TPSA) is 110 Å². The number of nitrogens with one attached hydrogen (secondary N) is 1. The number of rotatable bonds is 5. The van der Waals surface area contributed by atoms with E-state index < -0.39 is 22.5 Å². The normalized spacial score (nSPS) is 11.0. The molecule has 0 aromatic heterocycles. The zero-order valence-corrected chi connectivity index (χ0v) is 13.9. The Balaban J connectivity index is 2.32. The monoisotopic (exact) mass is 380 g/mol. The highest BCUT2D eigenvalue weighted by Crippen LogP contribution is 2.21. The van der Waals surface area contributed by atoms with Gasteiger partial charge in [-0.25, -0.2) is 4.79 Å². The lowest BCUT2D eigenvalue weighted by Gasteiger charge is -2.08. The molecule has 0 atom stereocenters. The Hall–Kier alpha value is -2.90. The predicted molar refractivity (Wildman–Crippen MR) is 92.6 cm³/mol. The van der Waals surface area contributed by atoms with Crippen LogP contribution < -0.4 is 5.32 Å². The third kappa shape index (κ3) is 4.79. The Morgan fingerprint density at radius 2 is 1.88 bits per heavy atom. The minimum atomic E-state index is -1.41. The van der Waals surface area contributed by atoms with Gasteiger partial charge in [0.15, 0.2) is 0 Å². The lowest BCUT2D eigenvalue weighted by atomic mass is 10.1. The van der Waals surface area contributed by atoms with Crippen molar-refractivity contribution in [1.82, 2.24) is 5.32 Å². The number of nitro benzene ring substituents is 1. The Morgan fingerprint density at radius 1 is 1.16 bits per heavy atom. The van der Waals surface area contributed by atoms with Gasteiger partial charge in [-0.3, -0.25) is 14.9 Å². The van der Waals surface area contributed by atoms with Crippen molar-refractivity contribution in [2.24, 2.45) is 0 Å². The summed E-state index contributed by atoms with van der Waals surface area (Å²) in [6.07, 6.45) is 1.11. The number of non-ortho nitro benzene ring substituents is 1. The van der Waals surface area contributed by atoms with Crippen molar-refractivity contribution in [3.63, 3.8) is 0 Å². The van der Waals surface area contributed by atoms with Crippen LogP contribution in [0, 0.1) is 10.1 Å². The second-order valence-corrected chi connectivity index (χ2v) is 5.64. The Bertz CT molecular complexity index is 896. The van der Waals surface area contributed by atoms with Gasteiger partial charge in [0, 0.05) is 17.2 Å². The number of carboxylic acid groups (broad SMARTS) is 1. The summed E-state index contributed by atoms with van der Waals surface area (Å²) in [5.74, 6) is -2.16. The maximum atomic E-state index is 12.2. The minimum Gasteiger partial charge on any atom is -0.477 e. The van der Waals surface area contributed by atoms with Gasteiger partial charge < -0.3 is 10.4 Å². The van der Waals surface area contributed by atoms with E-state index in [2.05, 4.69) is 5.32 Å². The lowest BCUT2D eigenvalue weighted by molar-refractivity contribution is -0.384. The third-order valence-corrected chi connectivity index (χ3v) is 3.59. The van der Waals surface area contributed by atoms with E-state index in [0.717, 1.165) is 6.08 Å². The average Bonchev–Trinajstić information content (AvgIpc) is 2.54. The summed E-state index contributed by atoms with van der Waals surface area (Å²) in [6.45, 7) is 0. The van der Waals surface area contributed by atoms with Crippen molar-refractivity contribution in [2.75, 3.05) is 0 Å². The molecule has 0 fully saturated rings. The van der Waals surface area contributed by atoms with E-state index in [0.29, 0.717) is 5.02 Å². The summed E-state index contributed by atoms with van der Waals surface area (Å²) >= 11 is 11.7. The van der Waals surface area contributed by atoms with Crippen molar-refractivity contribution < 1.29 is 19.6 Å². The van der Waals surface area contributed by atoms with E-state index in [4.69, 9.17) is 23.2 Å². The molecule has 0 bridgehead atoms. The van der Waals surface area contributed by atoms with E-state index >= 15 is 0 Å². The summed E-state index contributed by atoms with van der Waals surface area (Å²) in [6, 6.07) is 9.47. The molecule has 1 amide bonds. The van der Waals surface area contributed by atoms with Crippen LogP contribution in [0.3, 0.4) is 0 Å². The SMILES string of the molecule is O=C(O)/C(=C\c1cccc([N+](=O)[O-])c1)NC(=O)c1ccc(Cl)cc1Cl. The van der Waals surface area contributed by atoms with Crippen LogP contribution in [-0.4, -0.2) is 21.9 Å². The predicted octanol–water partition coefficient (Wildman–Crippen LogP) is 3.76. The first kappa shape index (κ1) is 18.4. The van der Waals surface area contributed by atoms with Crippen LogP contribution in [0.1, 0.15) is 15.9 Å². The number of benzene rings is 2. The molecular weight excluding hydrogens is 371 g/mol. The van der Waals surface area contributed by atoms with Crippen molar-refractivity contribution in [3.05, 3.63) is 79.4 Å². The van der Waals surface area contributed by atoms with E-state index in [1.807, 2.05) is 0 Å². The quantitative estimate of drug-likeness (QED) is 0.466. The van der Waals surface area contributed by atoms with Gasteiger partial charge in [-0.1, -0.05) is 35.3 Å². The number of nitro groups is 1. The van der Waals surface area contributed by atoms with Crippen molar-refractivity contribution in [3.8, 4) is 0 Å². The van der Waals surface area contributed by atoms with Gasteiger partial charge in [0.1, 0.15) is 5.70 Å². The first-order valence-electron chi connectivity index (χ1n) is 6.74. The highest BCUT2D eigenvalue weighted by Gasteiger charge is 2.16. The largest absolute Gasteiger partial charge is 0.477 e. The zero-order valence-electron chi connectivity index (χ0n) is 12.4. The molecule has 0 aliphatic carbocycles. The molecule has 0 saturated heterocycles. The van der Waals surface area contributed by atoms with E-state index in [-0.39, 0.29) is 21.8 Å². The van der Waals surface area contributed by atoms with E-state index in [1.54, 1.807) is 0 Å². The molecule has 128 valence electrons. The van der Waals surface area contributed by atoms with Crippen LogP contribution >= 0.6 is 23.2 Å². The molecule has 0 heterocycles. The highest BCUT2D eigenvalue weighted by atomic mass is 35.5. The fraction of sp³-hybridized carbons (Fsp3) is 0. The molecule has 0 aliphatic heterocycles. The van der Waals surface area contributed by atoms with Crippen LogP contribution in [0.25, 0.3) is 6.08 Å². The summed E-state index contributed by atoms with van der Waals surface area (Å²) in [5, 5.41) is 22.6. The standard InChI is InChI=1S/C16H10Cl2N2O5/c17-10-4-5-12(13(18)8-10)15(21)19-14(16(22)23)7-9-2-1-3-11(6-9)20(24)25/h1-8H,(H,19,21)(H,22,23)/b14-7+. The number of carbonyl (C=O) groups is 2. The maximum Gasteiger partial charge on any atom is 0.352 e. The summed E-state index contributed by atoms with van der Waals surface area (Å²) in [4.78, 5) is 33.7. The molecule has 7 nitrogen and oxygen atoms in total. The van der Waals surface area contributed by atoms with Gasteiger partial charge in [0.2, 0.25) is 0 Å². The number of nitrogens with zero attached hydrogens (tertiary/aromatic N) is 1. The Kier molecular flexibility index (Phi) is 5.74. The van der Waals surface area contributed by atoms with Crippen LogP contribution in [-0.2, 0) is 4.79 Å². The molecule has 0 spiro atoms. The van der Waals surface area contributed by atoms with Gasteiger partial charge in [0.05, 0.1) is 15.5 Å². The van der Waals surface area contributed by atoms with Crippen LogP contribution in [0.5, 0.6) is 0 Å². The molecule has 25 heavy (non-hydrogen) atoms. The van der Waals surface area contributed by atoms with Crippen LogP contribution in [0.4, 0.5) is 5.69 Å². The Labute approximate surface area is 151 Å². The molecule has 0 unspecified atom stereocenters. The fourth-order valence-electron chi connectivity index (χ4n) is 1.91.